The SMILES string of the molecule is O=C(O)C1=Cc2ccccc2C(=O)C1=O. The third kappa shape index (κ3) is 1.36. The topological polar surface area (TPSA) is 71.4 Å². The Hall–Kier alpha value is -2.23. The van der Waals surface area contributed by atoms with Gasteiger partial charge in [0, 0.05) is 5.56 Å². The van der Waals surface area contributed by atoms with Crippen molar-refractivity contribution in [1.82, 2.24) is 0 Å². The van der Waals surface area contributed by atoms with Crippen LogP contribution in [0, 0.1) is 0 Å². The van der Waals surface area contributed by atoms with Crippen molar-refractivity contribution >= 4 is 23.6 Å². The molecule has 0 spiro atoms. The molecule has 0 radical (unpaired) electrons. The average molecular weight is 202 g/mol. The monoisotopic (exact) mass is 202 g/mol. The molecule has 1 aliphatic carbocycles. The molecule has 0 atom stereocenters. The molecule has 74 valence electrons. The lowest BCUT2D eigenvalue weighted by molar-refractivity contribution is -0.134. The smallest absolute Gasteiger partial charge is 0.339 e. The Kier molecular flexibility index (Phi) is 1.97. The number of fused-ring (bicyclic) bond motifs is 1. The molecule has 1 aromatic rings. The molecule has 2 rings (SSSR count). The third-order valence-corrected chi connectivity index (χ3v) is 2.19. The normalized spacial score (nSPS) is 14.5. The minimum atomic E-state index is -1.37. The number of rotatable bonds is 1. The molecule has 4 heteroatoms. The van der Waals surface area contributed by atoms with E-state index in [9.17, 15) is 14.4 Å². The predicted octanol–water partition coefficient (Wildman–Crippen LogP) is 0.920. The van der Waals surface area contributed by atoms with Crippen LogP contribution in [0.25, 0.3) is 6.08 Å². The van der Waals surface area contributed by atoms with Gasteiger partial charge in [0.25, 0.3) is 0 Å². The van der Waals surface area contributed by atoms with E-state index < -0.39 is 23.1 Å². The Morgan fingerprint density at radius 2 is 1.73 bits per heavy atom. The van der Waals surface area contributed by atoms with Crippen molar-refractivity contribution in [3.8, 4) is 0 Å². The lowest BCUT2D eigenvalue weighted by Crippen LogP contribution is -2.25. The lowest BCUT2D eigenvalue weighted by Gasteiger charge is -2.10. The fourth-order valence-corrected chi connectivity index (χ4v) is 1.45. The molecule has 1 aromatic carbocycles. The van der Waals surface area contributed by atoms with E-state index in [1.165, 1.54) is 12.1 Å². The van der Waals surface area contributed by atoms with Gasteiger partial charge in [-0.05, 0) is 11.6 Å². The average Bonchev–Trinajstić information content (AvgIpc) is 2.23. The number of aliphatic carboxylic acids is 1. The Balaban J connectivity index is 2.67. The van der Waals surface area contributed by atoms with Gasteiger partial charge < -0.3 is 5.11 Å². The summed E-state index contributed by atoms with van der Waals surface area (Å²) >= 11 is 0. The summed E-state index contributed by atoms with van der Waals surface area (Å²) in [7, 11) is 0. The molecule has 0 amide bonds. The Labute approximate surface area is 84.8 Å². The van der Waals surface area contributed by atoms with Crippen molar-refractivity contribution in [2.45, 2.75) is 0 Å². The zero-order valence-corrected chi connectivity index (χ0v) is 7.56. The maximum absolute atomic E-state index is 11.5. The Morgan fingerprint density at radius 1 is 1.07 bits per heavy atom. The number of carbonyl (C=O) groups excluding carboxylic acids is 2. The number of carbonyl (C=O) groups is 3. The van der Waals surface area contributed by atoms with Crippen LogP contribution in [0.3, 0.4) is 0 Å². The first-order chi connectivity index (χ1) is 7.11. The maximum atomic E-state index is 11.5. The number of carboxylic acids is 1. The van der Waals surface area contributed by atoms with Crippen molar-refractivity contribution < 1.29 is 19.5 Å². The van der Waals surface area contributed by atoms with Gasteiger partial charge in [0.05, 0.1) is 0 Å². The minimum absolute atomic E-state index is 0.257. The van der Waals surface area contributed by atoms with Crippen LogP contribution >= 0.6 is 0 Å². The molecule has 0 bridgehead atoms. The van der Waals surface area contributed by atoms with Gasteiger partial charge in [0.15, 0.2) is 0 Å². The zero-order chi connectivity index (χ0) is 11.0. The van der Waals surface area contributed by atoms with Crippen LogP contribution in [0.4, 0.5) is 0 Å². The minimum Gasteiger partial charge on any atom is -0.478 e. The molecule has 0 aliphatic heterocycles. The molecule has 0 saturated heterocycles. The van der Waals surface area contributed by atoms with Crippen molar-refractivity contribution in [2.75, 3.05) is 0 Å². The van der Waals surface area contributed by atoms with Crippen LogP contribution in [0.2, 0.25) is 0 Å². The van der Waals surface area contributed by atoms with E-state index in [1.807, 2.05) is 0 Å². The molecule has 4 nitrogen and oxygen atoms in total. The number of carboxylic acid groups (broad SMARTS) is 1. The summed E-state index contributed by atoms with van der Waals surface area (Å²) in [5.41, 5.74) is 0.255. The molecule has 0 saturated carbocycles. The summed E-state index contributed by atoms with van der Waals surface area (Å²) in [6.07, 6.45) is 1.22. The first-order valence-corrected chi connectivity index (χ1v) is 4.24. The molecule has 0 heterocycles. The molecule has 0 unspecified atom stereocenters. The van der Waals surface area contributed by atoms with Crippen molar-refractivity contribution in [3.63, 3.8) is 0 Å². The van der Waals surface area contributed by atoms with E-state index in [0.717, 1.165) is 0 Å². The summed E-state index contributed by atoms with van der Waals surface area (Å²) in [6.45, 7) is 0. The molecule has 0 aromatic heterocycles. The molecular formula is C11H6O4. The van der Waals surface area contributed by atoms with Gasteiger partial charge in [-0.2, -0.15) is 0 Å². The van der Waals surface area contributed by atoms with Crippen molar-refractivity contribution in [1.29, 1.82) is 0 Å². The summed E-state index contributed by atoms with van der Waals surface area (Å²) < 4.78 is 0. The molecule has 15 heavy (non-hydrogen) atoms. The van der Waals surface area contributed by atoms with E-state index in [2.05, 4.69) is 0 Å². The van der Waals surface area contributed by atoms with E-state index >= 15 is 0 Å². The van der Waals surface area contributed by atoms with Gasteiger partial charge in [-0.1, -0.05) is 24.3 Å². The van der Waals surface area contributed by atoms with Gasteiger partial charge in [-0.3, -0.25) is 9.59 Å². The first-order valence-electron chi connectivity index (χ1n) is 4.24. The highest BCUT2D eigenvalue weighted by atomic mass is 16.4. The highest BCUT2D eigenvalue weighted by Crippen LogP contribution is 2.21. The number of hydrogen-bond acceptors (Lipinski definition) is 3. The van der Waals surface area contributed by atoms with Gasteiger partial charge in [-0.25, -0.2) is 4.79 Å². The quantitative estimate of drug-likeness (QED) is 0.543. The van der Waals surface area contributed by atoms with Crippen LogP contribution in [0.1, 0.15) is 15.9 Å². The third-order valence-electron chi connectivity index (χ3n) is 2.19. The standard InChI is InChI=1S/C11H6O4/c12-9-7-4-2-1-3-6(7)5-8(10(9)13)11(14)15/h1-5H,(H,14,15). The van der Waals surface area contributed by atoms with E-state index in [4.69, 9.17) is 5.11 Å². The first kappa shape index (κ1) is 9.33. The Morgan fingerprint density at radius 3 is 2.40 bits per heavy atom. The second-order valence-corrected chi connectivity index (χ2v) is 3.11. The highest BCUT2D eigenvalue weighted by molar-refractivity contribution is 6.56. The van der Waals surface area contributed by atoms with E-state index in [1.54, 1.807) is 18.2 Å². The zero-order valence-electron chi connectivity index (χ0n) is 7.56. The largest absolute Gasteiger partial charge is 0.478 e. The molecular weight excluding hydrogens is 196 g/mol. The predicted molar refractivity (Wildman–Crippen MR) is 51.4 cm³/mol. The van der Waals surface area contributed by atoms with Crippen molar-refractivity contribution in [2.24, 2.45) is 0 Å². The molecule has 1 N–H and O–H groups in total. The maximum Gasteiger partial charge on any atom is 0.339 e. The second kappa shape index (κ2) is 3.16. The van der Waals surface area contributed by atoms with Gasteiger partial charge in [-0.15, -0.1) is 0 Å². The number of ketones is 2. The van der Waals surface area contributed by atoms with Gasteiger partial charge in [0.1, 0.15) is 5.57 Å². The van der Waals surface area contributed by atoms with Crippen molar-refractivity contribution in [3.05, 3.63) is 41.0 Å². The fraction of sp³-hybridized carbons (Fsp3) is 0. The van der Waals surface area contributed by atoms with Crippen LogP contribution in [0.15, 0.2) is 29.8 Å². The number of benzene rings is 1. The fourth-order valence-electron chi connectivity index (χ4n) is 1.45. The van der Waals surface area contributed by atoms with Crippen LogP contribution in [-0.4, -0.2) is 22.6 Å². The number of hydrogen-bond donors (Lipinski definition) is 1. The summed E-state index contributed by atoms with van der Waals surface area (Å²) in [4.78, 5) is 33.5. The number of Topliss-reactive ketones (excluding diaryl/α,β-unsaturated/α-hetero) is 2. The van der Waals surface area contributed by atoms with Crippen LogP contribution < -0.4 is 0 Å². The van der Waals surface area contributed by atoms with Gasteiger partial charge >= 0.3 is 5.97 Å². The molecule has 0 fully saturated rings. The van der Waals surface area contributed by atoms with Crippen LogP contribution in [0.5, 0.6) is 0 Å². The van der Waals surface area contributed by atoms with E-state index in [0.29, 0.717) is 5.56 Å². The summed E-state index contributed by atoms with van der Waals surface area (Å²) in [5, 5.41) is 8.71. The van der Waals surface area contributed by atoms with Gasteiger partial charge in [0.2, 0.25) is 11.6 Å². The summed E-state index contributed by atoms with van der Waals surface area (Å²) in [5.74, 6) is -3.09. The summed E-state index contributed by atoms with van der Waals surface area (Å²) in [6, 6.07) is 6.41. The molecule has 1 aliphatic rings. The second-order valence-electron chi connectivity index (χ2n) is 3.11. The van der Waals surface area contributed by atoms with E-state index in [-0.39, 0.29) is 5.56 Å². The van der Waals surface area contributed by atoms with Crippen LogP contribution in [-0.2, 0) is 9.59 Å². The highest BCUT2D eigenvalue weighted by Gasteiger charge is 2.30. The lowest BCUT2D eigenvalue weighted by atomic mass is 9.90. The Bertz CT molecular complexity index is 511.